The molecule has 2 aromatic rings. The number of methoxy groups -OCH3 is 1. The summed E-state index contributed by atoms with van der Waals surface area (Å²) in [6.07, 6.45) is 9.00. The van der Waals surface area contributed by atoms with Crippen LogP contribution >= 0.6 is 11.3 Å². The molecule has 0 saturated carbocycles. The molecule has 0 aliphatic carbocycles. The number of fused-ring (bicyclic) bond motifs is 1. The smallest absolute Gasteiger partial charge is 0.268 e. The van der Waals surface area contributed by atoms with Gasteiger partial charge in [-0.25, -0.2) is 9.97 Å². The average molecular weight is 317 g/mol. The zero-order valence-electron chi connectivity index (χ0n) is 13.1. The van der Waals surface area contributed by atoms with Gasteiger partial charge in [0, 0.05) is 6.20 Å². The van der Waals surface area contributed by atoms with Gasteiger partial charge in [-0.2, -0.15) is 0 Å². The number of carbonyl (C=O) groups is 1. The number of allylic oxidation sites excluding steroid dienone is 2. The maximum atomic E-state index is 12.8. The Morgan fingerprint density at radius 3 is 2.77 bits per heavy atom. The number of thiophene rings is 1. The van der Waals surface area contributed by atoms with Gasteiger partial charge in [0.1, 0.15) is 11.2 Å². The highest BCUT2D eigenvalue weighted by molar-refractivity contribution is 7.20. The molecule has 0 aliphatic heterocycles. The molecule has 0 radical (unpaired) electrons. The molecule has 0 N–H and O–H groups in total. The monoisotopic (exact) mass is 317 g/mol. The van der Waals surface area contributed by atoms with Crippen molar-refractivity contribution in [3.05, 3.63) is 41.7 Å². The summed E-state index contributed by atoms with van der Waals surface area (Å²) in [5.41, 5.74) is 0. The zero-order chi connectivity index (χ0) is 16.1. The van der Waals surface area contributed by atoms with Gasteiger partial charge in [-0.05, 0) is 26.8 Å². The molecule has 0 saturated heterocycles. The third-order valence-electron chi connectivity index (χ3n) is 3.15. The lowest BCUT2D eigenvalue weighted by molar-refractivity contribution is 0.0805. The van der Waals surface area contributed by atoms with Crippen LogP contribution in [0.5, 0.6) is 5.88 Å². The van der Waals surface area contributed by atoms with E-state index in [-0.39, 0.29) is 11.9 Å². The van der Waals surface area contributed by atoms with Gasteiger partial charge in [-0.1, -0.05) is 18.2 Å². The predicted octanol–water partition coefficient (Wildman–Crippen LogP) is 3.64. The van der Waals surface area contributed by atoms with Crippen LogP contribution in [0.15, 0.2) is 36.8 Å². The first-order valence-corrected chi connectivity index (χ1v) is 7.80. The largest absolute Gasteiger partial charge is 0.480 e. The lowest BCUT2D eigenvalue weighted by Gasteiger charge is -2.22. The van der Waals surface area contributed by atoms with Crippen LogP contribution in [0.25, 0.3) is 10.2 Å². The number of rotatable bonds is 5. The molecule has 1 unspecified atom stereocenters. The Labute approximate surface area is 133 Å². The summed E-state index contributed by atoms with van der Waals surface area (Å²) in [6.45, 7) is 5.81. The fraction of sp³-hybridized carbons (Fsp3) is 0.312. The van der Waals surface area contributed by atoms with E-state index in [1.165, 1.54) is 17.7 Å². The topological polar surface area (TPSA) is 55.3 Å². The Morgan fingerprint density at radius 1 is 1.36 bits per heavy atom. The molecule has 0 aromatic carbocycles. The summed E-state index contributed by atoms with van der Waals surface area (Å²) in [5.74, 6) is 0.424. The molecule has 22 heavy (non-hydrogen) atoms. The van der Waals surface area contributed by atoms with Crippen molar-refractivity contribution in [2.24, 2.45) is 0 Å². The first-order valence-electron chi connectivity index (χ1n) is 6.99. The first kappa shape index (κ1) is 16.2. The molecule has 2 rings (SSSR count). The number of aromatic nitrogens is 2. The van der Waals surface area contributed by atoms with Crippen LogP contribution in [-0.4, -0.2) is 33.9 Å². The molecule has 2 aromatic heterocycles. The minimum Gasteiger partial charge on any atom is -0.480 e. The number of hydrogen-bond donors (Lipinski definition) is 0. The van der Waals surface area contributed by atoms with Gasteiger partial charge in [0.15, 0.2) is 0 Å². The molecule has 0 fully saturated rings. The molecule has 6 heteroatoms. The molecule has 0 bridgehead atoms. The van der Waals surface area contributed by atoms with Crippen LogP contribution in [0, 0.1) is 0 Å². The van der Waals surface area contributed by atoms with Gasteiger partial charge in [-0.15, -0.1) is 11.3 Å². The van der Waals surface area contributed by atoms with E-state index in [1.807, 2.05) is 39.0 Å². The van der Waals surface area contributed by atoms with Crippen molar-refractivity contribution < 1.29 is 9.53 Å². The average Bonchev–Trinajstić information content (AvgIpc) is 2.96. The maximum absolute atomic E-state index is 12.8. The Balaban J connectivity index is 2.42. The van der Waals surface area contributed by atoms with E-state index in [1.54, 1.807) is 24.3 Å². The van der Waals surface area contributed by atoms with E-state index in [0.29, 0.717) is 10.8 Å². The Morgan fingerprint density at radius 2 is 2.14 bits per heavy atom. The standard InChI is InChI=1S/C16H19N3O2S/c1-5-7-11(3)19(8-6-2)16(20)13-9-12-14(21-4)17-10-18-15(12)22-13/h5-11H,1-4H3/b7-5-,8-6-. The predicted molar refractivity (Wildman–Crippen MR) is 89.2 cm³/mol. The maximum Gasteiger partial charge on any atom is 0.268 e. The summed E-state index contributed by atoms with van der Waals surface area (Å²) in [6, 6.07) is 1.77. The Bertz CT molecular complexity index is 721. The van der Waals surface area contributed by atoms with Crippen molar-refractivity contribution >= 4 is 27.5 Å². The van der Waals surface area contributed by atoms with E-state index in [9.17, 15) is 4.79 Å². The molecule has 0 aliphatic rings. The summed E-state index contributed by atoms with van der Waals surface area (Å²) in [7, 11) is 1.56. The highest BCUT2D eigenvalue weighted by Gasteiger charge is 2.21. The van der Waals surface area contributed by atoms with Crippen LogP contribution in [0.4, 0.5) is 0 Å². The van der Waals surface area contributed by atoms with Crippen molar-refractivity contribution in [2.75, 3.05) is 7.11 Å². The molecule has 2 heterocycles. The van der Waals surface area contributed by atoms with Gasteiger partial charge in [0.25, 0.3) is 5.91 Å². The Kier molecular flexibility index (Phi) is 5.27. The van der Waals surface area contributed by atoms with Crippen molar-refractivity contribution in [1.82, 2.24) is 14.9 Å². The molecule has 0 spiro atoms. The zero-order valence-corrected chi connectivity index (χ0v) is 13.9. The third-order valence-corrected chi connectivity index (χ3v) is 4.18. The van der Waals surface area contributed by atoms with Crippen molar-refractivity contribution in [1.29, 1.82) is 0 Å². The van der Waals surface area contributed by atoms with Gasteiger partial charge in [0.2, 0.25) is 5.88 Å². The summed E-state index contributed by atoms with van der Waals surface area (Å²) < 4.78 is 5.22. The van der Waals surface area contributed by atoms with E-state index < -0.39 is 0 Å². The van der Waals surface area contributed by atoms with Gasteiger partial charge >= 0.3 is 0 Å². The fourth-order valence-corrected chi connectivity index (χ4v) is 3.08. The number of carbonyl (C=O) groups excluding carboxylic acids is 1. The second-order valence-electron chi connectivity index (χ2n) is 4.67. The number of hydrogen-bond acceptors (Lipinski definition) is 5. The highest BCUT2D eigenvalue weighted by atomic mass is 32.1. The van der Waals surface area contributed by atoms with Crippen molar-refractivity contribution in [3.63, 3.8) is 0 Å². The second kappa shape index (κ2) is 7.17. The lowest BCUT2D eigenvalue weighted by atomic mass is 10.2. The molecular formula is C16H19N3O2S. The number of ether oxygens (including phenoxy) is 1. The SMILES string of the molecule is C/C=C\C(C)N(/C=C\C)C(=O)c1cc2c(OC)ncnc2s1. The van der Waals surface area contributed by atoms with Gasteiger partial charge < -0.3 is 9.64 Å². The van der Waals surface area contributed by atoms with Crippen molar-refractivity contribution in [3.8, 4) is 5.88 Å². The lowest BCUT2D eigenvalue weighted by Crippen LogP contribution is -2.32. The molecular weight excluding hydrogens is 298 g/mol. The quantitative estimate of drug-likeness (QED) is 0.790. The highest BCUT2D eigenvalue weighted by Crippen LogP contribution is 2.30. The van der Waals surface area contributed by atoms with E-state index in [4.69, 9.17) is 4.74 Å². The van der Waals surface area contributed by atoms with E-state index >= 15 is 0 Å². The molecule has 1 amide bonds. The minimum absolute atomic E-state index is 0.0214. The third kappa shape index (κ3) is 3.17. The number of amides is 1. The van der Waals surface area contributed by atoms with Crippen LogP contribution in [0.1, 0.15) is 30.4 Å². The summed E-state index contributed by atoms with van der Waals surface area (Å²) in [4.78, 5) is 24.1. The minimum atomic E-state index is -0.0613. The molecule has 116 valence electrons. The van der Waals surface area contributed by atoms with E-state index in [2.05, 4.69) is 9.97 Å². The van der Waals surface area contributed by atoms with Crippen molar-refractivity contribution in [2.45, 2.75) is 26.8 Å². The molecule has 5 nitrogen and oxygen atoms in total. The fourth-order valence-electron chi connectivity index (χ4n) is 2.15. The van der Waals surface area contributed by atoms with E-state index in [0.717, 1.165) is 10.2 Å². The van der Waals surface area contributed by atoms with Crippen LogP contribution < -0.4 is 4.74 Å². The summed E-state index contributed by atoms with van der Waals surface area (Å²) in [5, 5.41) is 0.762. The van der Waals surface area contributed by atoms with Gasteiger partial charge in [-0.3, -0.25) is 4.79 Å². The molecule has 1 atom stereocenters. The van der Waals surface area contributed by atoms with Crippen LogP contribution in [0.2, 0.25) is 0 Å². The Hall–Kier alpha value is -2.21. The number of nitrogens with zero attached hydrogens (tertiary/aromatic N) is 3. The van der Waals surface area contributed by atoms with Crippen LogP contribution in [0.3, 0.4) is 0 Å². The van der Waals surface area contributed by atoms with Gasteiger partial charge in [0.05, 0.1) is 23.4 Å². The second-order valence-corrected chi connectivity index (χ2v) is 5.70. The normalized spacial score (nSPS) is 13.1. The first-order chi connectivity index (χ1) is 10.6. The summed E-state index contributed by atoms with van der Waals surface area (Å²) >= 11 is 1.34. The van der Waals surface area contributed by atoms with Crippen LogP contribution in [-0.2, 0) is 0 Å².